The van der Waals surface area contributed by atoms with Crippen molar-refractivity contribution in [2.24, 2.45) is 11.8 Å². The number of carbonyl (C=O) groups is 1. The van der Waals surface area contributed by atoms with Crippen molar-refractivity contribution in [2.45, 2.75) is 82.0 Å². The van der Waals surface area contributed by atoms with Gasteiger partial charge in [-0.25, -0.2) is 13.1 Å². The van der Waals surface area contributed by atoms with E-state index in [2.05, 4.69) is 55.7 Å². The van der Waals surface area contributed by atoms with E-state index >= 15 is 0 Å². The van der Waals surface area contributed by atoms with Crippen LogP contribution in [0.2, 0.25) is 10.1 Å². The highest BCUT2D eigenvalue weighted by molar-refractivity contribution is 7.90. The van der Waals surface area contributed by atoms with Gasteiger partial charge in [-0.2, -0.15) is 0 Å². The number of benzene rings is 4. The normalized spacial score (nSPS) is 21.5. The van der Waals surface area contributed by atoms with Crippen LogP contribution in [0.1, 0.15) is 74.4 Å². The van der Waals surface area contributed by atoms with Crippen LogP contribution in [-0.2, 0) is 26.3 Å². The number of rotatable bonds is 14. The number of halogens is 1. The summed E-state index contributed by atoms with van der Waals surface area (Å²) in [6.07, 6.45) is 7.21. The molecular weight excluding hydrogens is 796 g/mol. The molecule has 2 N–H and O–H groups in total. The molecule has 1 amide bonds. The third kappa shape index (κ3) is 8.84. The van der Waals surface area contributed by atoms with Crippen LogP contribution >= 0.6 is 11.6 Å². The lowest BCUT2D eigenvalue weighted by atomic mass is 9.68. The van der Waals surface area contributed by atoms with Gasteiger partial charge in [-0.3, -0.25) is 4.79 Å². The van der Waals surface area contributed by atoms with Crippen molar-refractivity contribution < 1.29 is 27.5 Å². The van der Waals surface area contributed by atoms with Crippen molar-refractivity contribution >= 4 is 51.9 Å². The molecule has 0 radical (unpaired) electrons. The van der Waals surface area contributed by atoms with Crippen molar-refractivity contribution in [3.8, 4) is 5.75 Å². The van der Waals surface area contributed by atoms with Gasteiger partial charge in [-0.1, -0.05) is 111 Å². The molecule has 8 nitrogen and oxygen atoms in total. The summed E-state index contributed by atoms with van der Waals surface area (Å²) in [7, 11) is -7.36. The number of aliphatic hydroxyl groups is 1. The maximum atomic E-state index is 14.0. The van der Waals surface area contributed by atoms with Gasteiger partial charge in [0.25, 0.3) is 14.2 Å². The molecule has 3 aliphatic rings. The number of ether oxygens (including phenoxy) is 1. The number of nitrogens with one attached hydrogen (secondary N) is 1. The van der Waals surface area contributed by atoms with Crippen molar-refractivity contribution in [2.75, 3.05) is 30.3 Å². The second-order valence-corrected chi connectivity index (χ2v) is 24.1. The lowest BCUT2D eigenvalue weighted by molar-refractivity contribution is 0.0178. The first-order chi connectivity index (χ1) is 28.2. The number of nitrogens with zero attached hydrogens (tertiary/aromatic N) is 1. The first-order valence-corrected chi connectivity index (χ1v) is 24.7. The Labute approximate surface area is 356 Å². The van der Waals surface area contributed by atoms with Crippen LogP contribution in [0.5, 0.6) is 5.75 Å². The first kappa shape index (κ1) is 42.9. The molecule has 4 aromatic carbocycles. The zero-order valence-electron chi connectivity index (χ0n) is 34.4. The fourth-order valence-corrected chi connectivity index (χ4v) is 15.8. The van der Waals surface area contributed by atoms with Gasteiger partial charge in [-0.05, 0) is 107 Å². The van der Waals surface area contributed by atoms with Crippen LogP contribution in [0.4, 0.5) is 5.69 Å². The third-order valence-corrected chi connectivity index (χ3v) is 19.3. The summed E-state index contributed by atoms with van der Waals surface area (Å²) >= 11 is 6.47. The van der Waals surface area contributed by atoms with E-state index in [9.17, 15) is 18.3 Å². The highest BCUT2D eigenvalue weighted by Crippen LogP contribution is 2.47. The number of aryl methyl sites for hydroxylation is 1. The Morgan fingerprint density at radius 2 is 1.73 bits per heavy atom. The monoisotopic (exact) mass is 852 g/mol. The second kappa shape index (κ2) is 17.4. The Morgan fingerprint density at radius 3 is 2.34 bits per heavy atom. The van der Waals surface area contributed by atoms with Gasteiger partial charge in [-0.15, -0.1) is 13.2 Å². The standard InChI is InChI=1S/C48H57ClN2O6SSi/c1-6-15-44(52)41-24-21-36(41)30-51-32-48(27-14-16-34-28-37(49)23-25-42(34)48)33-56-45-26-22-35(29-43(45)51)46(53)50-58(54,55)31-38(7-2)57-59(47(3,4)5,39-17-10-8-11-18-39)40-19-12-9-13-20-40/h6-13,17-20,22-23,25-26,28-29,36,38,41,44,52H,1-2,14-16,21,24,27,30-33H2,3-5H3,(H,50,53)/t36-,38-,41+,44-,48-/m0/s1. The van der Waals surface area contributed by atoms with E-state index in [-0.39, 0.29) is 22.8 Å². The van der Waals surface area contributed by atoms with Crippen LogP contribution in [-0.4, -0.2) is 65.4 Å². The molecule has 5 atom stereocenters. The number of carbonyl (C=O) groups excluding carboxylic acids is 1. The molecule has 1 aliphatic heterocycles. The molecule has 59 heavy (non-hydrogen) atoms. The minimum atomic E-state index is -4.22. The molecule has 0 unspecified atom stereocenters. The van der Waals surface area contributed by atoms with Gasteiger partial charge in [0.1, 0.15) is 5.75 Å². The van der Waals surface area contributed by atoms with Crippen LogP contribution < -0.4 is 24.7 Å². The fraction of sp³-hybridized carbons (Fsp3) is 0.396. The summed E-state index contributed by atoms with van der Waals surface area (Å²) in [4.78, 5) is 16.3. The molecule has 2 aliphatic carbocycles. The lowest BCUT2D eigenvalue weighted by Gasteiger charge is -2.45. The van der Waals surface area contributed by atoms with Crippen LogP contribution in [0.15, 0.2) is 122 Å². The number of amides is 1. The summed E-state index contributed by atoms with van der Waals surface area (Å²) < 4.78 is 44.0. The number of fused-ring (bicyclic) bond motifs is 3. The molecular formula is C48H57ClN2O6SSi. The Balaban J connectivity index is 1.17. The summed E-state index contributed by atoms with van der Waals surface area (Å²) in [5, 5.41) is 13.3. The maximum absolute atomic E-state index is 14.0. The molecule has 0 saturated heterocycles. The van der Waals surface area contributed by atoms with Gasteiger partial charge >= 0.3 is 0 Å². The molecule has 1 heterocycles. The van der Waals surface area contributed by atoms with Crippen molar-refractivity contribution in [1.82, 2.24) is 4.72 Å². The molecule has 0 bridgehead atoms. The predicted octanol–water partition coefficient (Wildman–Crippen LogP) is 7.97. The molecule has 1 spiro atoms. The third-order valence-electron chi connectivity index (χ3n) is 12.8. The lowest BCUT2D eigenvalue weighted by Crippen LogP contribution is -2.68. The van der Waals surface area contributed by atoms with Crippen LogP contribution in [0, 0.1) is 11.8 Å². The van der Waals surface area contributed by atoms with E-state index in [0.29, 0.717) is 36.9 Å². The molecule has 4 aromatic rings. The number of hydrogen-bond donors (Lipinski definition) is 2. The molecule has 0 aromatic heterocycles. The second-order valence-electron chi connectivity index (χ2n) is 17.6. The average Bonchev–Trinajstić information content (AvgIpc) is 3.34. The quantitative estimate of drug-likeness (QED) is 0.0981. The summed E-state index contributed by atoms with van der Waals surface area (Å²) in [5.74, 6) is -0.231. The Kier molecular flexibility index (Phi) is 12.7. The zero-order chi connectivity index (χ0) is 42.0. The molecule has 312 valence electrons. The minimum absolute atomic E-state index is 0.134. The molecule has 1 fully saturated rings. The van der Waals surface area contributed by atoms with Gasteiger partial charge in [0, 0.05) is 29.1 Å². The van der Waals surface area contributed by atoms with E-state index in [1.807, 2.05) is 66.7 Å². The molecule has 7 rings (SSSR count). The van der Waals surface area contributed by atoms with Crippen molar-refractivity contribution in [3.63, 3.8) is 0 Å². The average molecular weight is 854 g/mol. The van der Waals surface area contributed by atoms with Gasteiger partial charge in [0.15, 0.2) is 0 Å². The van der Waals surface area contributed by atoms with Crippen molar-refractivity contribution in [1.29, 1.82) is 0 Å². The van der Waals surface area contributed by atoms with Gasteiger partial charge in [0.2, 0.25) is 10.0 Å². The minimum Gasteiger partial charge on any atom is -0.490 e. The first-order valence-electron chi connectivity index (χ1n) is 20.7. The number of aliphatic hydroxyl groups excluding tert-OH is 1. The van der Waals surface area contributed by atoms with Gasteiger partial charge in [0.05, 0.1) is 30.3 Å². The largest absolute Gasteiger partial charge is 0.490 e. The SMILES string of the molecule is C=CC[C@H](O)[C@@H]1CC[C@H]1CN1C[C@@]2(CCCc3cc(Cl)ccc32)COc2ccc(C(=O)NS(=O)(=O)C[C@H](C=C)O[Si](c3ccccc3)(c3ccccc3)C(C)(C)C)cc21. The summed E-state index contributed by atoms with van der Waals surface area (Å²) in [6.45, 7) is 16.0. The highest BCUT2D eigenvalue weighted by Gasteiger charge is 2.52. The van der Waals surface area contributed by atoms with Crippen LogP contribution in [0.3, 0.4) is 0 Å². The Hall–Kier alpha value is -4.19. The number of anilines is 1. The Morgan fingerprint density at radius 1 is 1.03 bits per heavy atom. The maximum Gasteiger partial charge on any atom is 0.264 e. The zero-order valence-corrected chi connectivity index (χ0v) is 37.0. The van der Waals surface area contributed by atoms with E-state index in [4.69, 9.17) is 20.8 Å². The molecule has 11 heteroatoms. The summed E-state index contributed by atoms with van der Waals surface area (Å²) in [5.41, 5.74) is 3.06. The van der Waals surface area contributed by atoms with Crippen molar-refractivity contribution in [3.05, 3.63) is 144 Å². The van der Waals surface area contributed by atoms with E-state index in [1.54, 1.807) is 24.3 Å². The predicted molar refractivity (Wildman–Crippen MR) is 241 cm³/mol. The van der Waals surface area contributed by atoms with Crippen LogP contribution in [0.25, 0.3) is 0 Å². The molecule has 1 saturated carbocycles. The smallest absolute Gasteiger partial charge is 0.264 e. The summed E-state index contributed by atoms with van der Waals surface area (Å²) in [6, 6.07) is 31.3. The topological polar surface area (TPSA) is 105 Å². The van der Waals surface area contributed by atoms with E-state index < -0.39 is 47.2 Å². The van der Waals surface area contributed by atoms with E-state index in [0.717, 1.165) is 48.2 Å². The number of sulfonamides is 1. The van der Waals surface area contributed by atoms with E-state index in [1.165, 1.54) is 17.2 Å². The fourth-order valence-electron chi connectivity index (χ4n) is 9.74. The van der Waals surface area contributed by atoms with Gasteiger partial charge < -0.3 is 19.2 Å². The highest BCUT2D eigenvalue weighted by atomic mass is 35.5. The number of hydrogen-bond acceptors (Lipinski definition) is 7. The Bertz CT molecular complexity index is 2230.